The Kier molecular flexibility index (Phi) is 8.10. The van der Waals surface area contributed by atoms with E-state index in [1.807, 2.05) is 24.3 Å². The lowest BCUT2D eigenvalue weighted by molar-refractivity contribution is 0.102. The van der Waals surface area contributed by atoms with Crippen molar-refractivity contribution in [2.24, 2.45) is 0 Å². The number of benzene rings is 2. The summed E-state index contributed by atoms with van der Waals surface area (Å²) in [5, 5.41) is 6.82. The van der Waals surface area contributed by atoms with Crippen LogP contribution in [0.5, 0.6) is 0 Å². The van der Waals surface area contributed by atoms with E-state index in [1.54, 1.807) is 18.2 Å². The normalized spacial score (nSPS) is 12.2. The van der Waals surface area contributed by atoms with E-state index in [2.05, 4.69) is 42.5 Å². The summed E-state index contributed by atoms with van der Waals surface area (Å²) >= 11 is 6.08. The van der Waals surface area contributed by atoms with Gasteiger partial charge >= 0.3 is 0 Å². The molecule has 26 heavy (non-hydrogen) atoms. The number of carbonyl (C=O) groups excluding carboxylic acids is 1. The van der Waals surface area contributed by atoms with Crippen LogP contribution in [0, 0.1) is 0 Å². The third-order valence-electron chi connectivity index (χ3n) is 4.62. The molecule has 0 radical (unpaired) electrons. The molecular weight excluding hydrogens is 346 g/mol. The van der Waals surface area contributed by atoms with Gasteiger partial charge in [0, 0.05) is 31.4 Å². The molecule has 0 spiro atoms. The molecule has 1 atom stereocenters. The number of halogens is 1. The predicted octanol–water partition coefficient (Wildman–Crippen LogP) is 4.41. The van der Waals surface area contributed by atoms with Gasteiger partial charge in [-0.05, 0) is 50.2 Å². The van der Waals surface area contributed by atoms with Crippen LogP contribution in [0.15, 0.2) is 48.5 Å². The summed E-state index contributed by atoms with van der Waals surface area (Å²) in [5.41, 5.74) is 2.38. The van der Waals surface area contributed by atoms with Crippen LogP contribution < -0.4 is 10.6 Å². The second kappa shape index (κ2) is 10.3. The largest absolute Gasteiger partial charge is 0.322 e. The van der Waals surface area contributed by atoms with Crippen molar-refractivity contribution >= 4 is 23.2 Å². The smallest absolute Gasteiger partial charge is 0.257 e. The van der Waals surface area contributed by atoms with Crippen LogP contribution in [0.1, 0.15) is 36.2 Å². The molecular formula is C21H28ClN3O. The average molecular weight is 374 g/mol. The number of hydrogen-bond acceptors (Lipinski definition) is 3. The lowest BCUT2D eigenvalue weighted by Crippen LogP contribution is -2.34. The van der Waals surface area contributed by atoms with E-state index >= 15 is 0 Å². The highest BCUT2D eigenvalue weighted by molar-refractivity contribution is 6.34. The zero-order valence-electron chi connectivity index (χ0n) is 15.8. The summed E-state index contributed by atoms with van der Waals surface area (Å²) in [5.74, 6) is -0.198. The fourth-order valence-corrected chi connectivity index (χ4v) is 2.84. The van der Waals surface area contributed by atoms with E-state index in [1.165, 1.54) is 0 Å². The summed E-state index contributed by atoms with van der Waals surface area (Å²) < 4.78 is 0. The minimum absolute atomic E-state index is 0.198. The minimum atomic E-state index is -0.198. The first-order valence-corrected chi connectivity index (χ1v) is 9.44. The summed E-state index contributed by atoms with van der Waals surface area (Å²) in [6.45, 7) is 7.15. The number of carbonyl (C=O) groups is 1. The molecule has 2 rings (SSSR count). The molecule has 0 saturated carbocycles. The second-order valence-corrected chi connectivity index (χ2v) is 6.96. The Bertz CT molecular complexity index is 720. The summed E-state index contributed by atoms with van der Waals surface area (Å²) in [6, 6.07) is 15.5. The molecule has 0 aliphatic rings. The van der Waals surface area contributed by atoms with Crippen LogP contribution >= 0.6 is 11.6 Å². The first kappa shape index (κ1) is 20.4. The standard InChI is InChI=1S/C21H28ClN3O/c1-4-16(2)25(3)13-12-23-15-17-8-7-9-18(14-17)24-21(26)19-10-5-6-11-20(19)22/h5-11,14,16,23H,4,12-13,15H2,1-3H3,(H,24,26). The van der Waals surface area contributed by atoms with E-state index in [4.69, 9.17) is 11.6 Å². The second-order valence-electron chi connectivity index (χ2n) is 6.55. The van der Waals surface area contributed by atoms with E-state index in [9.17, 15) is 4.79 Å². The Morgan fingerprint density at radius 2 is 1.96 bits per heavy atom. The van der Waals surface area contributed by atoms with Crippen LogP contribution in [0.2, 0.25) is 5.02 Å². The van der Waals surface area contributed by atoms with Crippen LogP contribution in [0.25, 0.3) is 0 Å². The number of rotatable bonds is 9. The predicted molar refractivity (Wildman–Crippen MR) is 110 cm³/mol. The van der Waals surface area contributed by atoms with Gasteiger partial charge in [0.1, 0.15) is 0 Å². The molecule has 140 valence electrons. The van der Waals surface area contributed by atoms with Gasteiger partial charge in [0.25, 0.3) is 5.91 Å². The topological polar surface area (TPSA) is 44.4 Å². The maximum atomic E-state index is 12.4. The van der Waals surface area contributed by atoms with Crippen molar-refractivity contribution in [2.45, 2.75) is 32.9 Å². The minimum Gasteiger partial charge on any atom is -0.322 e. The van der Waals surface area contributed by atoms with Gasteiger partial charge in [0.05, 0.1) is 10.6 Å². The van der Waals surface area contributed by atoms with Crippen LogP contribution in [0.3, 0.4) is 0 Å². The van der Waals surface area contributed by atoms with Gasteiger partial charge in [-0.25, -0.2) is 0 Å². The molecule has 0 aliphatic heterocycles. The number of anilines is 1. The molecule has 0 bridgehead atoms. The van der Waals surface area contributed by atoms with E-state index in [0.717, 1.165) is 37.3 Å². The van der Waals surface area contributed by atoms with E-state index < -0.39 is 0 Å². The Morgan fingerprint density at radius 1 is 1.19 bits per heavy atom. The number of amides is 1. The van der Waals surface area contributed by atoms with Crippen molar-refractivity contribution in [1.82, 2.24) is 10.2 Å². The molecule has 2 N–H and O–H groups in total. The molecule has 4 nitrogen and oxygen atoms in total. The molecule has 1 unspecified atom stereocenters. The number of hydrogen-bond donors (Lipinski definition) is 2. The van der Waals surface area contributed by atoms with Crippen molar-refractivity contribution in [3.05, 3.63) is 64.7 Å². The third kappa shape index (κ3) is 6.13. The van der Waals surface area contributed by atoms with Crippen molar-refractivity contribution < 1.29 is 4.79 Å². The number of likely N-dealkylation sites (N-methyl/N-ethyl adjacent to an activating group) is 1. The summed E-state index contributed by atoms with van der Waals surface area (Å²) in [6.07, 6.45) is 1.16. The Labute approximate surface area is 161 Å². The molecule has 0 aliphatic carbocycles. The number of nitrogens with zero attached hydrogens (tertiary/aromatic N) is 1. The van der Waals surface area contributed by atoms with Gasteiger partial charge in [-0.3, -0.25) is 4.79 Å². The average Bonchev–Trinajstić information content (AvgIpc) is 2.65. The maximum absolute atomic E-state index is 12.4. The van der Waals surface area contributed by atoms with Crippen molar-refractivity contribution in [3.63, 3.8) is 0 Å². The van der Waals surface area contributed by atoms with E-state index in [-0.39, 0.29) is 5.91 Å². The zero-order valence-corrected chi connectivity index (χ0v) is 16.5. The lowest BCUT2D eigenvalue weighted by atomic mass is 10.1. The highest BCUT2D eigenvalue weighted by Crippen LogP contribution is 2.18. The molecule has 0 saturated heterocycles. The highest BCUT2D eigenvalue weighted by atomic mass is 35.5. The molecule has 2 aromatic carbocycles. The van der Waals surface area contributed by atoms with Crippen LogP contribution in [0.4, 0.5) is 5.69 Å². The van der Waals surface area contributed by atoms with Gasteiger partial charge < -0.3 is 15.5 Å². The molecule has 2 aromatic rings. The fraction of sp³-hybridized carbons (Fsp3) is 0.381. The van der Waals surface area contributed by atoms with Gasteiger partial charge in [0.2, 0.25) is 0 Å². The number of nitrogens with one attached hydrogen (secondary N) is 2. The monoisotopic (exact) mass is 373 g/mol. The van der Waals surface area contributed by atoms with Gasteiger partial charge in [0.15, 0.2) is 0 Å². The molecule has 0 heterocycles. The molecule has 1 amide bonds. The van der Waals surface area contributed by atoms with Crippen molar-refractivity contribution in [3.8, 4) is 0 Å². The van der Waals surface area contributed by atoms with Crippen molar-refractivity contribution in [2.75, 3.05) is 25.5 Å². The lowest BCUT2D eigenvalue weighted by Gasteiger charge is -2.23. The molecule has 5 heteroatoms. The quantitative estimate of drug-likeness (QED) is 0.640. The van der Waals surface area contributed by atoms with Crippen LogP contribution in [-0.2, 0) is 6.54 Å². The fourth-order valence-electron chi connectivity index (χ4n) is 2.62. The first-order valence-electron chi connectivity index (χ1n) is 9.07. The van der Waals surface area contributed by atoms with Gasteiger partial charge in [-0.15, -0.1) is 0 Å². The van der Waals surface area contributed by atoms with Crippen molar-refractivity contribution in [1.29, 1.82) is 0 Å². The highest BCUT2D eigenvalue weighted by Gasteiger charge is 2.10. The molecule has 0 fully saturated rings. The third-order valence-corrected chi connectivity index (χ3v) is 4.95. The Balaban J connectivity index is 1.86. The SMILES string of the molecule is CCC(C)N(C)CCNCc1cccc(NC(=O)c2ccccc2Cl)c1. The first-order chi connectivity index (χ1) is 12.5. The van der Waals surface area contributed by atoms with Gasteiger partial charge in [-0.1, -0.05) is 42.8 Å². The maximum Gasteiger partial charge on any atom is 0.257 e. The Morgan fingerprint density at radius 3 is 2.69 bits per heavy atom. The van der Waals surface area contributed by atoms with E-state index in [0.29, 0.717) is 16.6 Å². The van der Waals surface area contributed by atoms with Gasteiger partial charge in [-0.2, -0.15) is 0 Å². The van der Waals surface area contributed by atoms with Crippen LogP contribution in [-0.4, -0.2) is 37.0 Å². The molecule has 0 aromatic heterocycles. The summed E-state index contributed by atoms with van der Waals surface area (Å²) in [7, 11) is 2.15. The summed E-state index contributed by atoms with van der Waals surface area (Å²) in [4.78, 5) is 14.7. The zero-order chi connectivity index (χ0) is 18.9. The Hall–Kier alpha value is -1.88.